The first kappa shape index (κ1) is 18.9. The molecule has 1 spiro atoms. The highest BCUT2D eigenvalue weighted by molar-refractivity contribution is 6.10. The van der Waals surface area contributed by atoms with Crippen LogP contribution < -0.4 is 16.0 Å². The number of benzene rings is 1. The van der Waals surface area contributed by atoms with Gasteiger partial charge in [-0.3, -0.25) is 19.8 Å². The Morgan fingerprint density at radius 3 is 2.67 bits per heavy atom. The first-order chi connectivity index (χ1) is 12.9. The second-order valence-corrected chi connectivity index (χ2v) is 7.16. The predicted octanol–water partition coefficient (Wildman–Crippen LogP) is 1.51. The summed E-state index contributed by atoms with van der Waals surface area (Å²) >= 11 is 0. The van der Waals surface area contributed by atoms with Gasteiger partial charge in [0.05, 0.1) is 0 Å². The van der Waals surface area contributed by atoms with E-state index in [1.807, 2.05) is 37.3 Å². The van der Waals surface area contributed by atoms with E-state index in [0.717, 1.165) is 29.7 Å². The fourth-order valence-electron chi connectivity index (χ4n) is 3.77. The lowest BCUT2D eigenvalue weighted by Crippen LogP contribution is -2.54. The average molecular weight is 372 g/mol. The van der Waals surface area contributed by atoms with Gasteiger partial charge < -0.3 is 10.6 Å². The minimum absolute atomic E-state index is 0.0185. The van der Waals surface area contributed by atoms with Crippen molar-refractivity contribution in [2.24, 2.45) is 5.92 Å². The molecule has 1 aromatic carbocycles. The molecular formula is C19H24N4O4. The topological polar surface area (TPSA) is 108 Å². The van der Waals surface area contributed by atoms with Crippen molar-refractivity contribution in [2.75, 3.05) is 6.54 Å². The predicted molar refractivity (Wildman–Crippen MR) is 97.4 cm³/mol. The Hall–Kier alpha value is -2.90. The third-order valence-corrected chi connectivity index (χ3v) is 5.35. The van der Waals surface area contributed by atoms with Gasteiger partial charge in [0.2, 0.25) is 5.91 Å². The van der Waals surface area contributed by atoms with Crippen molar-refractivity contribution in [3.05, 3.63) is 35.9 Å². The summed E-state index contributed by atoms with van der Waals surface area (Å²) in [6.07, 6.45) is 3.31. The maximum absolute atomic E-state index is 12.8. The van der Waals surface area contributed by atoms with E-state index in [4.69, 9.17) is 0 Å². The number of carbonyl (C=O) groups is 4. The van der Waals surface area contributed by atoms with Crippen molar-refractivity contribution in [1.29, 1.82) is 0 Å². The van der Waals surface area contributed by atoms with Crippen molar-refractivity contribution in [1.82, 2.24) is 20.9 Å². The number of hydrogen-bond donors (Lipinski definition) is 3. The van der Waals surface area contributed by atoms with Crippen molar-refractivity contribution in [3.8, 4) is 0 Å². The van der Waals surface area contributed by atoms with E-state index < -0.39 is 30.1 Å². The van der Waals surface area contributed by atoms with Crippen LogP contribution in [0.25, 0.3) is 0 Å². The summed E-state index contributed by atoms with van der Waals surface area (Å²) in [6, 6.07) is 8.01. The molecule has 2 aliphatic rings. The number of carbonyl (C=O) groups excluding carboxylic acids is 4. The molecule has 6 amide bonds. The van der Waals surface area contributed by atoms with Gasteiger partial charge in [-0.15, -0.1) is 0 Å². The van der Waals surface area contributed by atoms with Crippen molar-refractivity contribution in [2.45, 2.75) is 44.7 Å². The minimum Gasteiger partial charge on any atom is -0.334 e. The Labute approximate surface area is 157 Å². The van der Waals surface area contributed by atoms with E-state index >= 15 is 0 Å². The lowest BCUT2D eigenvalue weighted by Gasteiger charge is -2.36. The first-order valence-corrected chi connectivity index (χ1v) is 9.18. The number of urea groups is 2. The smallest absolute Gasteiger partial charge is 0.325 e. The quantitative estimate of drug-likeness (QED) is 0.696. The lowest BCUT2D eigenvalue weighted by atomic mass is 9.73. The number of nitrogens with zero attached hydrogens (tertiary/aromatic N) is 1. The van der Waals surface area contributed by atoms with Gasteiger partial charge in [0.15, 0.2) is 0 Å². The van der Waals surface area contributed by atoms with Crippen LogP contribution in [0.15, 0.2) is 30.3 Å². The SMILES string of the molecule is C[C@H]1CCCC[C@]12NC(=O)N(CC(=O)NC(=O)NCc1ccccc1)C2=O. The molecule has 3 rings (SSSR count). The van der Waals surface area contributed by atoms with Gasteiger partial charge in [-0.2, -0.15) is 0 Å². The maximum atomic E-state index is 12.8. The van der Waals surface area contributed by atoms with Crippen LogP contribution in [0.5, 0.6) is 0 Å². The van der Waals surface area contributed by atoms with Gasteiger partial charge in [0, 0.05) is 6.54 Å². The van der Waals surface area contributed by atoms with Crippen molar-refractivity contribution >= 4 is 23.9 Å². The standard InChI is InChI=1S/C19H24N4O4/c1-13-7-5-6-10-19(13)16(25)23(18(27)22-19)12-15(24)21-17(26)20-11-14-8-3-2-4-9-14/h2-4,8-9,13H,5-7,10-12H2,1H3,(H,22,27)(H2,20,21,24,26)/t13-,19-/m0/s1. The molecule has 0 aromatic heterocycles. The van der Waals surface area contributed by atoms with Gasteiger partial charge in [0.25, 0.3) is 5.91 Å². The van der Waals surface area contributed by atoms with Crippen LogP contribution in [0.1, 0.15) is 38.2 Å². The monoisotopic (exact) mass is 372 g/mol. The molecule has 1 aliphatic heterocycles. The third-order valence-electron chi connectivity index (χ3n) is 5.35. The van der Waals surface area contributed by atoms with Crippen LogP contribution in [-0.2, 0) is 16.1 Å². The van der Waals surface area contributed by atoms with Gasteiger partial charge >= 0.3 is 12.1 Å². The molecule has 1 aliphatic carbocycles. The van der Waals surface area contributed by atoms with Gasteiger partial charge in [-0.1, -0.05) is 50.1 Å². The summed E-state index contributed by atoms with van der Waals surface area (Å²) in [6.45, 7) is 1.74. The summed E-state index contributed by atoms with van der Waals surface area (Å²) in [5.41, 5.74) is -0.0204. The van der Waals surface area contributed by atoms with Gasteiger partial charge in [-0.25, -0.2) is 9.59 Å². The Kier molecular flexibility index (Phi) is 5.43. The third kappa shape index (κ3) is 3.94. The zero-order valence-corrected chi connectivity index (χ0v) is 15.3. The highest BCUT2D eigenvalue weighted by Gasteiger charge is 2.55. The average Bonchev–Trinajstić information content (AvgIpc) is 2.88. The zero-order chi connectivity index (χ0) is 19.4. The molecule has 1 heterocycles. The molecule has 3 N–H and O–H groups in total. The van der Waals surface area contributed by atoms with Crippen LogP contribution in [0.4, 0.5) is 9.59 Å². The number of nitrogens with one attached hydrogen (secondary N) is 3. The number of hydrogen-bond acceptors (Lipinski definition) is 4. The lowest BCUT2D eigenvalue weighted by molar-refractivity contribution is -0.137. The minimum atomic E-state index is -0.912. The van der Waals surface area contributed by atoms with Crippen LogP contribution >= 0.6 is 0 Å². The van der Waals surface area contributed by atoms with Gasteiger partial charge in [0.1, 0.15) is 12.1 Å². The van der Waals surface area contributed by atoms with Crippen molar-refractivity contribution < 1.29 is 19.2 Å². The number of imide groups is 2. The van der Waals surface area contributed by atoms with E-state index in [-0.39, 0.29) is 18.4 Å². The molecule has 0 unspecified atom stereocenters. The molecule has 0 bridgehead atoms. The molecule has 0 radical (unpaired) electrons. The fraction of sp³-hybridized carbons (Fsp3) is 0.474. The first-order valence-electron chi connectivity index (χ1n) is 9.18. The number of rotatable bonds is 4. The van der Waals surface area contributed by atoms with E-state index in [0.29, 0.717) is 6.42 Å². The maximum Gasteiger partial charge on any atom is 0.325 e. The fourth-order valence-corrected chi connectivity index (χ4v) is 3.77. The highest BCUT2D eigenvalue weighted by atomic mass is 16.2. The summed E-state index contributed by atoms with van der Waals surface area (Å²) in [4.78, 5) is 49.9. The Morgan fingerprint density at radius 2 is 1.96 bits per heavy atom. The number of amides is 6. The normalized spacial score (nSPS) is 24.6. The van der Waals surface area contributed by atoms with E-state index in [9.17, 15) is 19.2 Å². The van der Waals surface area contributed by atoms with Crippen LogP contribution in [-0.4, -0.2) is 40.9 Å². The Bertz CT molecular complexity index is 751. The van der Waals surface area contributed by atoms with E-state index in [1.165, 1.54) is 0 Å². The highest BCUT2D eigenvalue weighted by Crippen LogP contribution is 2.38. The largest absolute Gasteiger partial charge is 0.334 e. The molecule has 1 saturated carbocycles. The molecule has 8 heteroatoms. The second kappa shape index (κ2) is 7.77. The van der Waals surface area contributed by atoms with E-state index in [1.54, 1.807) is 0 Å². The van der Waals surface area contributed by atoms with E-state index in [2.05, 4.69) is 16.0 Å². The summed E-state index contributed by atoms with van der Waals surface area (Å²) < 4.78 is 0. The molecular weight excluding hydrogens is 348 g/mol. The zero-order valence-electron chi connectivity index (χ0n) is 15.3. The van der Waals surface area contributed by atoms with Crippen molar-refractivity contribution in [3.63, 3.8) is 0 Å². The molecule has 1 aromatic rings. The summed E-state index contributed by atoms with van der Waals surface area (Å²) in [5.74, 6) is -1.06. The summed E-state index contributed by atoms with van der Waals surface area (Å²) in [5, 5.41) is 7.51. The molecule has 2 fully saturated rings. The molecule has 1 saturated heterocycles. The molecule has 8 nitrogen and oxygen atoms in total. The van der Waals surface area contributed by atoms with Crippen LogP contribution in [0, 0.1) is 5.92 Å². The molecule has 2 atom stereocenters. The van der Waals surface area contributed by atoms with Gasteiger partial charge in [-0.05, 0) is 24.3 Å². The summed E-state index contributed by atoms with van der Waals surface area (Å²) in [7, 11) is 0. The van der Waals surface area contributed by atoms with Crippen LogP contribution in [0.3, 0.4) is 0 Å². The second-order valence-electron chi connectivity index (χ2n) is 7.16. The Morgan fingerprint density at radius 1 is 1.22 bits per heavy atom. The van der Waals surface area contributed by atoms with Crippen LogP contribution in [0.2, 0.25) is 0 Å². The molecule has 27 heavy (non-hydrogen) atoms. The molecule has 144 valence electrons. The Balaban J connectivity index is 1.53.